The molecule has 0 N–H and O–H groups in total. The molecule has 0 heterocycles. The highest BCUT2D eigenvalue weighted by atomic mass is 79.9. The topological polar surface area (TPSA) is 0 Å². The minimum atomic E-state index is -1.14. The van der Waals surface area contributed by atoms with Crippen LogP contribution in [-0.2, 0) is 0 Å². The average Bonchev–Trinajstić information content (AvgIpc) is 1.96. The monoisotopic (exact) mass is 244 g/mol. The third-order valence-electron chi connectivity index (χ3n) is 1.26. The summed E-state index contributed by atoms with van der Waals surface area (Å²) in [5.41, 5.74) is 4.57. The zero-order valence-electron chi connectivity index (χ0n) is 8.21. The Morgan fingerprint density at radius 1 is 1.42 bits per heavy atom. The molecule has 0 aromatic carbocycles. The Bertz CT molecular complexity index is 202. The normalized spacial score (nSPS) is 10.3. The molecule has 0 aromatic rings. The van der Waals surface area contributed by atoms with Crippen LogP contribution in [0.4, 0.5) is 0 Å². The van der Waals surface area contributed by atoms with Crippen LogP contribution in [0.3, 0.4) is 0 Å². The van der Waals surface area contributed by atoms with E-state index in [0.29, 0.717) is 0 Å². The summed E-state index contributed by atoms with van der Waals surface area (Å²) in [6, 6.07) is 0. The van der Waals surface area contributed by atoms with Crippen LogP contribution in [0, 0.1) is 11.5 Å². The van der Waals surface area contributed by atoms with Gasteiger partial charge in [-0.2, -0.15) is 0 Å². The van der Waals surface area contributed by atoms with Crippen molar-refractivity contribution in [2.75, 3.05) is 5.33 Å². The minimum absolute atomic E-state index is 0.904. The smallest absolute Gasteiger partial charge is 0.129 e. The van der Waals surface area contributed by atoms with Crippen molar-refractivity contribution < 1.29 is 0 Å². The highest BCUT2D eigenvalue weighted by molar-refractivity contribution is 9.09. The molecule has 0 saturated heterocycles. The fourth-order valence-corrected chi connectivity index (χ4v) is 1.57. The minimum Gasteiger partial charge on any atom is -0.132 e. The van der Waals surface area contributed by atoms with Gasteiger partial charge in [-0.25, -0.2) is 0 Å². The zero-order valence-corrected chi connectivity index (χ0v) is 10.8. The van der Waals surface area contributed by atoms with Crippen LogP contribution in [-0.4, -0.2) is 13.4 Å². The van der Waals surface area contributed by atoms with E-state index in [0.717, 1.165) is 18.2 Å². The van der Waals surface area contributed by atoms with Crippen LogP contribution in [0.1, 0.15) is 12.8 Å². The largest absolute Gasteiger partial charge is 0.132 e. The van der Waals surface area contributed by atoms with Crippen molar-refractivity contribution in [3.63, 3.8) is 0 Å². The highest BCUT2D eigenvalue weighted by Gasteiger charge is 2.06. The molecule has 0 aromatic heterocycles. The van der Waals surface area contributed by atoms with Crippen LogP contribution in [0.5, 0.6) is 0 Å². The molecule has 0 rings (SSSR count). The summed E-state index contributed by atoms with van der Waals surface area (Å²) in [6.45, 7) is 10.7. The van der Waals surface area contributed by atoms with Crippen LogP contribution >= 0.6 is 15.9 Å². The van der Waals surface area contributed by atoms with Gasteiger partial charge in [0.25, 0.3) is 0 Å². The van der Waals surface area contributed by atoms with Gasteiger partial charge in [-0.3, -0.25) is 0 Å². The third kappa shape index (κ3) is 8.10. The molecule has 0 unspecified atom stereocenters. The SMILES string of the molecule is C=C(CBr)CCC#C[Si](C)(C)C. The van der Waals surface area contributed by atoms with Crippen LogP contribution in [0.2, 0.25) is 19.6 Å². The van der Waals surface area contributed by atoms with Gasteiger partial charge in [0.05, 0.1) is 0 Å². The molecule has 0 nitrogen and oxygen atoms in total. The maximum Gasteiger partial charge on any atom is 0.129 e. The predicted octanol–water partition coefficient (Wildman–Crippen LogP) is 3.60. The van der Waals surface area contributed by atoms with E-state index in [4.69, 9.17) is 0 Å². The van der Waals surface area contributed by atoms with Gasteiger partial charge in [0, 0.05) is 11.8 Å². The molecule has 0 spiro atoms. The average molecular weight is 245 g/mol. The number of hydrogen-bond acceptors (Lipinski definition) is 0. The van der Waals surface area contributed by atoms with Gasteiger partial charge >= 0.3 is 0 Å². The number of rotatable bonds is 3. The molecule has 0 aliphatic heterocycles. The predicted molar refractivity (Wildman–Crippen MR) is 63.3 cm³/mol. The maximum absolute atomic E-state index is 3.90. The molecule has 12 heavy (non-hydrogen) atoms. The van der Waals surface area contributed by atoms with Crippen molar-refractivity contribution in [1.29, 1.82) is 0 Å². The first-order valence-corrected chi connectivity index (χ1v) is 8.80. The van der Waals surface area contributed by atoms with Gasteiger partial charge in [-0.1, -0.05) is 47.7 Å². The maximum atomic E-state index is 3.90. The third-order valence-corrected chi connectivity index (χ3v) is 2.98. The summed E-state index contributed by atoms with van der Waals surface area (Å²) in [5.74, 6) is 3.22. The van der Waals surface area contributed by atoms with Gasteiger partial charge in [0.2, 0.25) is 0 Å². The van der Waals surface area contributed by atoms with E-state index in [9.17, 15) is 0 Å². The Morgan fingerprint density at radius 2 is 2.00 bits per heavy atom. The Hall–Kier alpha value is -0.00312. The zero-order chi connectivity index (χ0) is 9.61. The van der Waals surface area contributed by atoms with Crippen molar-refractivity contribution in [2.24, 2.45) is 0 Å². The van der Waals surface area contributed by atoms with Gasteiger partial charge in [-0.15, -0.1) is 11.5 Å². The lowest BCUT2D eigenvalue weighted by Gasteiger charge is -2.03. The van der Waals surface area contributed by atoms with Gasteiger partial charge < -0.3 is 0 Å². The summed E-state index contributed by atoms with van der Waals surface area (Å²) in [6.07, 6.45) is 2.00. The van der Waals surface area contributed by atoms with E-state index in [1.807, 2.05) is 0 Å². The molecule has 0 aliphatic carbocycles. The molecule has 2 heteroatoms. The standard InChI is InChI=1S/C10H17BrSi/c1-10(9-11)7-5-6-8-12(2,3)4/h1,5,7,9H2,2-4H3. The molecular formula is C10H17BrSi. The first-order valence-electron chi connectivity index (χ1n) is 4.18. The van der Waals surface area contributed by atoms with Gasteiger partial charge in [0.1, 0.15) is 8.07 Å². The molecule has 0 fully saturated rings. The van der Waals surface area contributed by atoms with E-state index in [2.05, 4.69) is 53.6 Å². The molecule has 68 valence electrons. The molecule has 0 radical (unpaired) electrons. The first-order chi connectivity index (χ1) is 5.45. The number of alkyl halides is 1. The summed E-state index contributed by atoms with van der Waals surface area (Å²) >= 11 is 3.37. The van der Waals surface area contributed by atoms with E-state index >= 15 is 0 Å². The van der Waals surface area contributed by atoms with E-state index in [1.54, 1.807) is 0 Å². The van der Waals surface area contributed by atoms with E-state index in [1.165, 1.54) is 5.57 Å². The van der Waals surface area contributed by atoms with Crippen molar-refractivity contribution in [3.05, 3.63) is 12.2 Å². The van der Waals surface area contributed by atoms with Crippen LogP contribution in [0.25, 0.3) is 0 Å². The number of hydrogen-bond donors (Lipinski definition) is 0. The molecule has 0 saturated carbocycles. The second kappa shape index (κ2) is 5.61. The quantitative estimate of drug-likeness (QED) is 0.308. The summed E-state index contributed by atoms with van der Waals surface area (Å²) in [7, 11) is -1.14. The Morgan fingerprint density at radius 3 is 2.42 bits per heavy atom. The fraction of sp³-hybridized carbons (Fsp3) is 0.600. The lowest BCUT2D eigenvalue weighted by Crippen LogP contribution is -2.16. The molecule has 0 aliphatic rings. The summed E-state index contributed by atoms with van der Waals surface area (Å²) < 4.78 is 0. The van der Waals surface area contributed by atoms with E-state index in [-0.39, 0.29) is 0 Å². The molecule has 0 bridgehead atoms. The molecular weight excluding hydrogens is 228 g/mol. The highest BCUT2D eigenvalue weighted by Crippen LogP contribution is 2.05. The van der Waals surface area contributed by atoms with E-state index < -0.39 is 8.07 Å². The van der Waals surface area contributed by atoms with Crippen LogP contribution in [0.15, 0.2) is 12.2 Å². The van der Waals surface area contributed by atoms with Gasteiger partial charge in [-0.05, 0) is 6.42 Å². The fourth-order valence-electron chi connectivity index (χ4n) is 0.634. The summed E-state index contributed by atoms with van der Waals surface area (Å²) in [5, 5.41) is 0.904. The lowest BCUT2D eigenvalue weighted by molar-refractivity contribution is 1.02. The summed E-state index contributed by atoms with van der Waals surface area (Å²) in [4.78, 5) is 0. The van der Waals surface area contributed by atoms with Gasteiger partial charge in [0.15, 0.2) is 0 Å². The number of halogens is 1. The molecule has 0 amide bonds. The second-order valence-electron chi connectivity index (χ2n) is 3.94. The Labute approximate surface area is 85.6 Å². The van der Waals surface area contributed by atoms with Crippen molar-refractivity contribution in [2.45, 2.75) is 32.5 Å². The lowest BCUT2D eigenvalue weighted by atomic mass is 10.2. The van der Waals surface area contributed by atoms with Crippen molar-refractivity contribution in [1.82, 2.24) is 0 Å². The Balaban J connectivity index is 3.67. The molecule has 0 atom stereocenters. The van der Waals surface area contributed by atoms with Crippen molar-refractivity contribution >= 4 is 24.0 Å². The Kier molecular flexibility index (Phi) is 5.61. The number of allylic oxidation sites excluding steroid dienone is 1. The van der Waals surface area contributed by atoms with Crippen molar-refractivity contribution in [3.8, 4) is 11.5 Å². The van der Waals surface area contributed by atoms with Crippen LogP contribution < -0.4 is 0 Å². The second-order valence-corrected chi connectivity index (χ2v) is 9.25. The first kappa shape index (κ1) is 12.0.